The van der Waals surface area contributed by atoms with E-state index in [1.165, 1.54) is 4.31 Å². The van der Waals surface area contributed by atoms with Crippen LogP contribution in [0.15, 0.2) is 0 Å². The minimum atomic E-state index is -3.17. The van der Waals surface area contributed by atoms with E-state index in [0.717, 1.165) is 12.8 Å². The Morgan fingerprint density at radius 3 is 2.14 bits per heavy atom. The van der Waals surface area contributed by atoms with Gasteiger partial charge in [0.2, 0.25) is 21.6 Å². The number of hydrogen-bond acceptors (Lipinski definition) is 6. The molecule has 3 aliphatic rings. The van der Waals surface area contributed by atoms with Gasteiger partial charge in [-0.1, -0.05) is 6.92 Å². The molecule has 0 aromatic carbocycles. The van der Waals surface area contributed by atoms with Crippen LogP contribution >= 0.6 is 0 Å². The third kappa shape index (κ3) is 3.11. The number of rotatable bonds is 4. The normalized spacial score (nSPS) is 29.6. The van der Waals surface area contributed by atoms with Gasteiger partial charge < -0.3 is 0 Å². The molecule has 2 saturated heterocycles. The highest BCUT2D eigenvalue weighted by atomic mass is 32.2. The van der Waals surface area contributed by atoms with Gasteiger partial charge in [0, 0.05) is 31.8 Å². The predicted octanol–water partition coefficient (Wildman–Crippen LogP) is 1.55. The van der Waals surface area contributed by atoms with Crippen molar-refractivity contribution in [3.63, 3.8) is 0 Å². The van der Waals surface area contributed by atoms with E-state index >= 15 is 0 Å². The first-order valence-corrected chi connectivity index (χ1v) is 9.22. The van der Waals surface area contributed by atoms with E-state index in [4.69, 9.17) is 19.6 Å². The van der Waals surface area contributed by atoms with Crippen molar-refractivity contribution in [3.8, 4) is 0 Å². The SMILES string of the molecule is CCCS(=O)(=O)N1CCC2(CC1)OOC(C)(C1CC1)OO2. The second-order valence-electron chi connectivity index (χ2n) is 6.25. The Balaban J connectivity index is 1.56. The van der Waals surface area contributed by atoms with E-state index < -0.39 is 21.6 Å². The Labute approximate surface area is 125 Å². The van der Waals surface area contributed by atoms with Crippen LogP contribution in [0.1, 0.15) is 46.0 Å². The first-order valence-electron chi connectivity index (χ1n) is 7.61. The fraction of sp³-hybridized carbons (Fsp3) is 1.00. The van der Waals surface area contributed by atoms with Crippen LogP contribution in [0.4, 0.5) is 0 Å². The monoisotopic (exact) mass is 321 g/mol. The molecule has 21 heavy (non-hydrogen) atoms. The van der Waals surface area contributed by atoms with Crippen molar-refractivity contribution in [2.45, 2.75) is 57.5 Å². The molecule has 0 radical (unpaired) electrons. The molecular weight excluding hydrogens is 298 g/mol. The molecular formula is C13H23NO6S. The molecule has 0 unspecified atom stereocenters. The summed E-state index contributed by atoms with van der Waals surface area (Å²) < 4.78 is 25.6. The van der Waals surface area contributed by atoms with Gasteiger partial charge in [-0.25, -0.2) is 12.7 Å². The fourth-order valence-corrected chi connectivity index (χ4v) is 4.26. The van der Waals surface area contributed by atoms with E-state index in [0.29, 0.717) is 38.3 Å². The Kier molecular flexibility index (Phi) is 4.05. The molecule has 1 spiro atoms. The largest absolute Gasteiger partial charge is 0.236 e. The highest BCUT2D eigenvalue weighted by molar-refractivity contribution is 7.89. The van der Waals surface area contributed by atoms with Gasteiger partial charge in [-0.3, -0.25) is 0 Å². The lowest BCUT2D eigenvalue weighted by Gasteiger charge is -2.45. The van der Waals surface area contributed by atoms with Crippen LogP contribution in [0.25, 0.3) is 0 Å². The van der Waals surface area contributed by atoms with Gasteiger partial charge in [0.1, 0.15) is 0 Å². The van der Waals surface area contributed by atoms with Crippen molar-refractivity contribution in [1.82, 2.24) is 4.31 Å². The van der Waals surface area contributed by atoms with Crippen molar-refractivity contribution in [1.29, 1.82) is 0 Å². The molecule has 3 fully saturated rings. The minimum absolute atomic E-state index is 0.175. The Hall–Kier alpha value is -0.250. The van der Waals surface area contributed by atoms with Gasteiger partial charge in [-0.15, -0.1) is 0 Å². The van der Waals surface area contributed by atoms with Crippen LogP contribution < -0.4 is 0 Å². The van der Waals surface area contributed by atoms with Gasteiger partial charge in [-0.2, -0.15) is 19.6 Å². The van der Waals surface area contributed by atoms with Gasteiger partial charge in [0.25, 0.3) is 0 Å². The molecule has 3 rings (SSSR count). The van der Waals surface area contributed by atoms with Crippen molar-refractivity contribution in [2.24, 2.45) is 5.92 Å². The zero-order valence-electron chi connectivity index (χ0n) is 12.5. The number of nitrogens with zero attached hydrogens (tertiary/aromatic N) is 1. The predicted molar refractivity (Wildman–Crippen MR) is 73.1 cm³/mol. The first-order chi connectivity index (χ1) is 9.89. The molecule has 0 bridgehead atoms. The topological polar surface area (TPSA) is 74.3 Å². The third-order valence-corrected chi connectivity index (χ3v) is 6.45. The van der Waals surface area contributed by atoms with Crippen LogP contribution in [0, 0.1) is 5.92 Å². The first kappa shape index (κ1) is 15.6. The van der Waals surface area contributed by atoms with Crippen LogP contribution in [-0.2, 0) is 29.6 Å². The van der Waals surface area contributed by atoms with Gasteiger partial charge >= 0.3 is 0 Å². The molecule has 0 aromatic heterocycles. The summed E-state index contributed by atoms with van der Waals surface area (Å²) in [7, 11) is -3.17. The summed E-state index contributed by atoms with van der Waals surface area (Å²) in [6, 6.07) is 0. The van der Waals surface area contributed by atoms with Crippen molar-refractivity contribution in [3.05, 3.63) is 0 Å². The van der Waals surface area contributed by atoms with Crippen molar-refractivity contribution >= 4 is 10.0 Å². The molecule has 8 heteroatoms. The van der Waals surface area contributed by atoms with E-state index in [1.54, 1.807) is 6.92 Å². The average Bonchev–Trinajstić information content (AvgIpc) is 3.28. The molecule has 0 N–H and O–H groups in total. The van der Waals surface area contributed by atoms with E-state index in [9.17, 15) is 8.42 Å². The molecule has 1 aliphatic carbocycles. The summed E-state index contributed by atoms with van der Waals surface area (Å²) in [6.07, 6.45) is 3.49. The zero-order valence-corrected chi connectivity index (χ0v) is 13.4. The summed E-state index contributed by atoms with van der Waals surface area (Å²) in [4.78, 5) is 21.8. The Morgan fingerprint density at radius 1 is 1.10 bits per heavy atom. The van der Waals surface area contributed by atoms with E-state index in [2.05, 4.69) is 0 Å². The van der Waals surface area contributed by atoms with Crippen molar-refractivity contribution < 1.29 is 28.0 Å². The average molecular weight is 321 g/mol. The van der Waals surface area contributed by atoms with Crippen LogP contribution in [0.3, 0.4) is 0 Å². The summed E-state index contributed by atoms with van der Waals surface area (Å²) in [5.41, 5.74) is 0. The third-order valence-electron chi connectivity index (χ3n) is 4.38. The maximum absolute atomic E-state index is 12.0. The number of sulfonamides is 1. The molecule has 0 amide bonds. The molecule has 122 valence electrons. The lowest BCUT2D eigenvalue weighted by molar-refractivity contribution is -0.660. The smallest absolute Gasteiger partial charge is 0.212 e. The number of piperidine rings is 1. The van der Waals surface area contributed by atoms with Gasteiger partial charge in [0.05, 0.1) is 5.75 Å². The van der Waals surface area contributed by atoms with E-state index in [-0.39, 0.29) is 5.75 Å². The Morgan fingerprint density at radius 2 is 1.67 bits per heavy atom. The highest BCUT2D eigenvalue weighted by Gasteiger charge is 2.54. The van der Waals surface area contributed by atoms with Crippen molar-refractivity contribution in [2.75, 3.05) is 18.8 Å². The summed E-state index contributed by atoms with van der Waals surface area (Å²) in [5, 5.41) is 0. The molecule has 2 aliphatic heterocycles. The summed E-state index contributed by atoms with van der Waals surface area (Å²) in [6.45, 7) is 4.37. The fourth-order valence-electron chi connectivity index (χ4n) is 2.75. The van der Waals surface area contributed by atoms with Crippen LogP contribution in [0.5, 0.6) is 0 Å². The maximum Gasteiger partial charge on any atom is 0.236 e. The molecule has 1 saturated carbocycles. The quantitative estimate of drug-likeness (QED) is 0.732. The lowest BCUT2D eigenvalue weighted by atomic mass is 10.1. The maximum atomic E-state index is 12.0. The van der Waals surface area contributed by atoms with Crippen LogP contribution in [-0.4, -0.2) is 43.1 Å². The van der Waals surface area contributed by atoms with Gasteiger partial charge in [-0.05, 0) is 26.2 Å². The number of hydrogen-bond donors (Lipinski definition) is 0. The summed E-state index contributed by atoms with van der Waals surface area (Å²) in [5.74, 6) is -1.34. The van der Waals surface area contributed by atoms with E-state index in [1.807, 2.05) is 6.92 Å². The Bertz CT molecular complexity index is 471. The lowest BCUT2D eigenvalue weighted by Crippen LogP contribution is -2.56. The standard InChI is InChI=1S/C13H23NO6S/c1-3-10-21(15,16)14-8-6-13(7-9-14)19-17-12(2,18-20-13)11-4-5-11/h11H,3-10H2,1-2H3. The minimum Gasteiger partial charge on any atom is -0.212 e. The van der Waals surface area contributed by atoms with Crippen LogP contribution in [0.2, 0.25) is 0 Å². The molecule has 0 aromatic rings. The second-order valence-corrected chi connectivity index (χ2v) is 8.34. The summed E-state index contributed by atoms with van der Waals surface area (Å²) >= 11 is 0. The second kappa shape index (κ2) is 5.43. The zero-order chi connectivity index (χ0) is 15.1. The highest BCUT2D eigenvalue weighted by Crippen LogP contribution is 2.47. The molecule has 7 nitrogen and oxygen atoms in total. The van der Waals surface area contributed by atoms with Gasteiger partial charge in [0.15, 0.2) is 0 Å². The molecule has 0 atom stereocenters. The molecule has 2 heterocycles.